The first kappa shape index (κ1) is 17.7. The van der Waals surface area contributed by atoms with Crippen LogP contribution in [0.4, 0.5) is 0 Å². The molecule has 0 radical (unpaired) electrons. The average molecular weight is 385 g/mol. The molecule has 0 saturated carbocycles. The molecule has 3 aromatic rings. The van der Waals surface area contributed by atoms with Crippen LogP contribution in [0.5, 0.6) is 0 Å². The van der Waals surface area contributed by atoms with Gasteiger partial charge >= 0.3 is 5.69 Å². The van der Waals surface area contributed by atoms with E-state index in [0.717, 1.165) is 15.7 Å². The number of fused-ring (bicyclic) bond motifs is 2. The average Bonchev–Trinajstić information content (AvgIpc) is 2.69. The van der Waals surface area contributed by atoms with E-state index in [1.165, 1.54) is 34.1 Å². The van der Waals surface area contributed by atoms with Crippen LogP contribution < -0.4 is 11.2 Å². The molecular formula is C19H19N3O4S. The van der Waals surface area contributed by atoms with Gasteiger partial charge in [0.15, 0.2) is 0 Å². The molecule has 0 spiro atoms. The standard InChI is InChI=1S/C19H19N3O4S/c1-20-17-8-7-15(11-16(17)18(23)21(2)19(20)24)27(25,26)22-10-9-13-5-3-4-6-14(13)12-22/h3-8,11H,9-10,12H2,1-2H3. The monoisotopic (exact) mass is 385 g/mol. The Morgan fingerprint density at radius 2 is 1.63 bits per heavy atom. The van der Waals surface area contributed by atoms with Crippen molar-refractivity contribution in [3.05, 3.63) is 74.4 Å². The molecule has 140 valence electrons. The lowest BCUT2D eigenvalue weighted by Gasteiger charge is -2.28. The molecule has 8 heteroatoms. The molecule has 27 heavy (non-hydrogen) atoms. The predicted octanol–water partition coefficient (Wildman–Crippen LogP) is 0.984. The van der Waals surface area contributed by atoms with Crippen molar-refractivity contribution >= 4 is 20.9 Å². The third-order valence-electron chi connectivity index (χ3n) is 5.17. The maximum Gasteiger partial charge on any atom is 0.330 e. The van der Waals surface area contributed by atoms with E-state index in [1.807, 2.05) is 24.3 Å². The van der Waals surface area contributed by atoms with E-state index in [2.05, 4.69) is 0 Å². The Morgan fingerprint density at radius 1 is 0.926 bits per heavy atom. The molecule has 0 amide bonds. The van der Waals surface area contributed by atoms with Crippen LogP contribution in [0.3, 0.4) is 0 Å². The van der Waals surface area contributed by atoms with Gasteiger partial charge < -0.3 is 0 Å². The molecule has 4 rings (SSSR count). The summed E-state index contributed by atoms with van der Waals surface area (Å²) in [5.74, 6) is 0. The molecule has 0 N–H and O–H groups in total. The smallest absolute Gasteiger partial charge is 0.296 e. The van der Waals surface area contributed by atoms with E-state index >= 15 is 0 Å². The van der Waals surface area contributed by atoms with Crippen LogP contribution in [-0.4, -0.2) is 28.4 Å². The molecule has 1 aliphatic rings. The van der Waals surface area contributed by atoms with Gasteiger partial charge in [0.05, 0.1) is 15.8 Å². The number of hydrogen-bond donors (Lipinski definition) is 0. The minimum absolute atomic E-state index is 0.0603. The summed E-state index contributed by atoms with van der Waals surface area (Å²) in [6.07, 6.45) is 0.652. The van der Waals surface area contributed by atoms with E-state index < -0.39 is 21.3 Å². The summed E-state index contributed by atoms with van der Waals surface area (Å²) in [6.45, 7) is 0.699. The van der Waals surface area contributed by atoms with Crippen molar-refractivity contribution in [2.75, 3.05) is 6.54 Å². The Morgan fingerprint density at radius 3 is 2.37 bits per heavy atom. The van der Waals surface area contributed by atoms with Crippen molar-refractivity contribution in [3.63, 3.8) is 0 Å². The van der Waals surface area contributed by atoms with E-state index in [0.29, 0.717) is 25.0 Å². The highest BCUT2D eigenvalue weighted by Crippen LogP contribution is 2.26. The van der Waals surface area contributed by atoms with E-state index in [9.17, 15) is 18.0 Å². The van der Waals surface area contributed by atoms with Gasteiger partial charge in [-0.2, -0.15) is 4.31 Å². The number of nitrogens with zero attached hydrogens (tertiary/aromatic N) is 3. The summed E-state index contributed by atoms with van der Waals surface area (Å²) >= 11 is 0. The summed E-state index contributed by atoms with van der Waals surface area (Å²) < 4.78 is 30.0. The van der Waals surface area contributed by atoms with Gasteiger partial charge in [-0.15, -0.1) is 0 Å². The third-order valence-corrected chi connectivity index (χ3v) is 7.01. The fourth-order valence-corrected chi connectivity index (χ4v) is 5.00. The van der Waals surface area contributed by atoms with Gasteiger partial charge in [0, 0.05) is 27.2 Å². The van der Waals surface area contributed by atoms with Crippen LogP contribution >= 0.6 is 0 Å². The van der Waals surface area contributed by atoms with Crippen LogP contribution in [0.2, 0.25) is 0 Å². The van der Waals surface area contributed by atoms with E-state index in [1.54, 1.807) is 7.05 Å². The van der Waals surface area contributed by atoms with Crippen molar-refractivity contribution in [2.24, 2.45) is 14.1 Å². The summed E-state index contributed by atoms with van der Waals surface area (Å²) in [6, 6.07) is 12.1. The number of rotatable bonds is 2. The zero-order valence-electron chi connectivity index (χ0n) is 15.0. The minimum Gasteiger partial charge on any atom is -0.296 e. The second kappa shape index (κ2) is 6.17. The van der Waals surface area contributed by atoms with Gasteiger partial charge in [0.2, 0.25) is 10.0 Å². The fraction of sp³-hybridized carbons (Fsp3) is 0.263. The predicted molar refractivity (Wildman–Crippen MR) is 102 cm³/mol. The molecule has 1 aliphatic heterocycles. The molecule has 1 aromatic heterocycles. The highest BCUT2D eigenvalue weighted by atomic mass is 32.2. The van der Waals surface area contributed by atoms with Gasteiger partial charge in [0.1, 0.15) is 0 Å². The van der Waals surface area contributed by atoms with Gasteiger partial charge in [-0.05, 0) is 35.7 Å². The van der Waals surface area contributed by atoms with Crippen molar-refractivity contribution in [3.8, 4) is 0 Å². The number of sulfonamides is 1. The summed E-state index contributed by atoms with van der Waals surface area (Å²) in [5.41, 5.74) is 1.61. The van der Waals surface area contributed by atoms with E-state index in [4.69, 9.17) is 0 Å². The second-order valence-corrected chi connectivity index (χ2v) is 8.68. The number of benzene rings is 2. The van der Waals surface area contributed by atoms with Crippen LogP contribution in [0, 0.1) is 0 Å². The molecule has 7 nitrogen and oxygen atoms in total. The van der Waals surface area contributed by atoms with Crippen molar-refractivity contribution in [2.45, 2.75) is 17.9 Å². The zero-order chi connectivity index (χ0) is 19.3. The molecule has 0 fully saturated rings. The molecular weight excluding hydrogens is 366 g/mol. The Bertz CT molecular complexity index is 1290. The molecule has 0 atom stereocenters. The van der Waals surface area contributed by atoms with Crippen LogP contribution in [0.15, 0.2) is 56.9 Å². The normalized spacial score (nSPS) is 15.0. The van der Waals surface area contributed by atoms with Gasteiger partial charge in [-0.25, -0.2) is 13.2 Å². The molecule has 0 saturated heterocycles. The highest BCUT2D eigenvalue weighted by Gasteiger charge is 2.28. The van der Waals surface area contributed by atoms with E-state index in [-0.39, 0.29) is 10.3 Å². The lowest BCUT2D eigenvalue weighted by molar-refractivity contribution is 0.391. The van der Waals surface area contributed by atoms with Crippen molar-refractivity contribution in [1.29, 1.82) is 0 Å². The van der Waals surface area contributed by atoms with Crippen LogP contribution in [0.25, 0.3) is 10.9 Å². The topological polar surface area (TPSA) is 81.4 Å². The molecule has 2 aromatic carbocycles. The second-order valence-electron chi connectivity index (χ2n) is 6.74. The number of aryl methyl sites for hydroxylation is 1. The molecule has 0 aliphatic carbocycles. The van der Waals surface area contributed by atoms with Crippen molar-refractivity contribution in [1.82, 2.24) is 13.4 Å². The molecule has 2 heterocycles. The Labute approximate surface area is 156 Å². The minimum atomic E-state index is -3.75. The number of aromatic nitrogens is 2. The van der Waals surface area contributed by atoms with Gasteiger partial charge in [-0.1, -0.05) is 24.3 Å². The maximum absolute atomic E-state index is 13.1. The molecule has 0 bridgehead atoms. The third kappa shape index (κ3) is 2.72. The van der Waals surface area contributed by atoms with Gasteiger partial charge in [-0.3, -0.25) is 13.9 Å². The Hall–Kier alpha value is -2.71. The summed E-state index contributed by atoms with van der Waals surface area (Å²) in [7, 11) is -0.814. The summed E-state index contributed by atoms with van der Waals surface area (Å²) in [4.78, 5) is 24.6. The highest BCUT2D eigenvalue weighted by molar-refractivity contribution is 7.89. The SMILES string of the molecule is Cn1c(=O)c2cc(S(=O)(=O)N3CCc4ccccc4C3)ccc2n(C)c1=O. The molecule has 0 unspecified atom stereocenters. The largest absolute Gasteiger partial charge is 0.330 e. The van der Waals surface area contributed by atoms with Crippen LogP contribution in [-0.2, 0) is 37.1 Å². The Kier molecular flexibility index (Phi) is 4.05. The first-order chi connectivity index (χ1) is 12.8. The zero-order valence-corrected chi connectivity index (χ0v) is 15.9. The Balaban J connectivity index is 1.82. The lowest BCUT2D eigenvalue weighted by atomic mass is 10.0. The van der Waals surface area contributed by atoms with Gasteiger partial charge in [0.25, 0.3) is 5.56 Å². The number of hydrogen-bond acceptors (Lipinski definition) is 4. The van der Waals surface area contributed by atoms with Crippen molar-refractivity contribution < 1.29 is 8.42 Å². The quantitative estimate of drug-likeness (QED) is 0.659. The first-order valence-corrected chi connectivity index (χ1v) is 10.0. The summed E-state index contributed by atoms with van der Waals surface area (Å²) in [5, 5.41) is 0.207. The maximum atomic E-state index is 13.1. The first-order valence-electron chi connectivity index (χ1n) is 8.57. The fourth-order valence-electron chi connectivity index (χ4n) is 3.56. The van der Waals surface area contributed by atoms with Crippen LogP contribution in [0.1, 0.15) is 11.1 Å². The lowest BCUT2D eigenvalue weighted by Crippen LogP contribution is -2.38.